The van der Waals surface area contributed by atoms with Crippen LogP contribution in [0.5, 0.6) is 0 Å². The lowest BCUT2D eigenvalue weighted by atomic mass is 10.00. The lowest BCUT2D eigenvalue weighted by Crippen LogP contribution is -2.55. The third-order valence-electron chi connectivity index (χ3n) is 4.89. The quantitative estimate of drug-likeness (QED) is 0.734. The van der Waals surface area contributed by atoms with Crippen LogP contribution in [-0.4, -0.2) is 72.8 Å². The molecule has 3 N–H and O–H groups in total. The predicted molar refractivity (Wildman–Crippen MR) is 94.5 cm³/mol. The molecule has 0 saturated carbocycles. The van der Waals surface area contributed by atoms with Gasteiger partial charge in [0, 0.05) is 43.7 Å². The molecule has 2 saturated heterocycles. The van der Waals surface area contributed by atoms with E-state index in [-0.39, 0.29) is 24.7 Å². The van der Waals surface area contributed by atoms with E-state index in [1.165, 1.54) is 0 Å². The van der Waals surface area contributed by atoms with Gasteiger partial charge in [0.15, 0.2) is 0 Å². The second-order valence-corrected chi connectivity index (χ2v) is 6.75. The smallest absolute Gasteiger partial charge is 0.253 e. The number of nitrogens with one attached hydrogen (secondary N) is 1. The molecule has 8 heteroatoms. The highest BCUT2D eigenvalue weighted by atomic mass is 16.5. The molecule has 3 heterocycles. The fraction of sp³-hybridized carbons (Fsp3) is 0.611. The van der Waals surface area contributed by atoms with Crippen LogP contribution in [-0.2, 0) is 14.3 Å². The average Bonchev–Trinajstić information content (AvgIpc) is 2.68. The van der Waals surface area contributed by atoms with E-state index in [0.717, 1.165) is 19.3 Å². The van der Waals surface area contributed by atoms with Crippen LogP contribution >= 0.6 is 0 Å². The maximum absolute atomic E-state index is 12.5. The number of amides is 2. The molecule has 0 unspecified atom stereocenters. The molecule has 8 nitrogen and oxygen atoms in total. The highest BCUT2D eigenvalue weighted by Crippen LogP contribution is 2.18. The standard InChI is InChI=1S/C18H26N4O4/c19-17(23)12-26-16-5-10-25-11-15(16)21-14-3-8-22(9-4-14)18(24)13-1-6-20-7-2-13/h1-2,6-7,14-16,21H,3-5,8-12H2,(H2,19,23)/t15-,16+/m1/s1. The minimum absolute atomic E-state index is 0.0375. The molecule has 0 bridgehead atoms. The number of carbonyl (C=O) groups is 2. The zero-order valence-corrected chi connectivity index (χ0v) is 14.8. The Kier molecular flexibility index (Phi) is 6.54. The van der Waals surface area contributed by atoms with E-state index in [9.17, 15) is 9.59 Å². The molecule has 3 rings (SSSR count). The summed E-state index contributed by atoms with van der Waals surface area (Å²) >= 11 is 0. The molecule has 0 aromatic carbocycles. The monoisotopic (exact) mass is 362 g/mol. The molecule has 1 aromatic heterocycles. The van der Waals surface area contributed by atoms with E-state index in [1.54, 1.807) is 24.5 Å². The maximum Gasteiger partial charge on any atom is 0.253 e. The second kappa shape index (κ2) is 9.07. The van der Waals surface area contributed by atoms with Crippen molar-refractivity contribution in [3.8, 4) is 0 Å². The van der Waals surface area contributed by atoms with Crippen molar-refractivity contribution in [1.29, 1.82) is 0 Å². The van der Waals surface area contributed by atoms with Gasteiger partial charge >= 0.3 is 0 Å². The van der Waals surface area contributed by atoms with Crippen LogP contribution in [0.4, 0.5) is 0 Å². The largest absolute Gasteiger partial charge is 0.380 e. The van der Waals surface area contributed by atoms with Crippen LogP contribution in [0.25, 0.3) is 0 Å². The molecule has 2 atom stereocenters. The Morgan fingerprint density at radius 1 is 1.27 bits per heavy atom. The van der Waals surface area contributed by atoms with E-state index in [0.29, 0.717) is 37.9 Å². The molecule has 2 aliphatic heterocycles. The van der Waals surface area contributed by atoms with Crippen LogP contribution in [0.2, 0.25) is 0 Å². The SMILES string of the molecule is NC(=O)CO[C@H]1CCOC[C@H]1NC1CCN(C(=O)c2ccncc2)CC1. The van der Waals surface area contributed by atoms with E-state index in [2.05, 4.69) is 10.3 Å². The van der Waals surface area contributed by atoms with E-state index < -0.39 is 5.91 Å². The van der Waals surface area contributed by atoms with Gasteiger partial charge in [0.1, 0.15) is 6.61 Å². The summed E-state index contributed by atoms with van der Waals surface area (Å²) in [5.74, 6) is -0.410. The van der Waals surface area contributed by atoms with Crippen molar-refractivity contribution in [3.05, 3.63) is 30.1 Å². The maximum atomic E-state index is 12.5. The number of hydrogen-bond acceptors (Lipinski definition) is 6. The number of rotatable bonds is 6. The van der Waals surface area contributed by atoms with Crippen molar-refractivity contribution in [3.63, 3.8) is 0 Å². The third-order valence-corrected chi connectivity index (χ3v) is 4.89. The Hall–Kier alpha value is -2.03. The minimum Gasteiger partial charge on any atom is -0.380 e. The lowest BCUT2D eigenvalue weighted by Gasteiger charge is -2.38. The Balaban J connectivity index is 1.48. The summed E-state index contributed by atoms with van der Waals surface area (Å²) in [4.78, 5) is 29.3. The molecular formula is C18H26N4O4. The Morgan fingerprint density at radius 3 is 2.69 bits per heavy atom. The van der Waals surface area contributed by atoms with Gasteiger partial charge in [-0.2, -0.15) is 0 Å². The third kappa shape index (κ3) is 5.00. The molecule has 0 spiro atoms. The van der Waals surface area contributed by atoms with Gasteiger partial charge in [-0.3, -0.25) is 14.6 Å². The molecule has 0 radical (unpaired) electrons. The molecule has 26 heavy (non-hydrogen) atoms. The number of nitrogens with two attached hydrogens (primary N) is 1. The number of aromatic nitrogens is 1. The van der Waals surface area contributed by atoms with Gasteiger partial charge in [-0.25, -0.2) is 0 Å². The van der Waals surface area contributed by atoms with Crippen LogP contribution in [0.3, 0.4) is 0 Å². The average molecular weight is 362 g/mol. The number of hydrogen-bond donors (Lipinski definition) is 2. The van der Waals surface area contributed by atoms with Gasteiger partial charge in [0.25, 0.3) is 5.91 Å². The molecule has 2 aliphatic rings. The molecular weight excluding hydrogens is 336 g/mol. The van der Waals surface area contributed by atoms with Crippen molar-refractivity contribution in [1.82, 2.24) is 15.2 Å². The first-order valence-corrected chi connectivity index (χ1v) is 9.06. The zero-order chi connectivity index (χ0) is 18.4. The van der Waals surface area contributed by atoms with Crippen molar-refractivity contribution < 1.29 is 19.1 Å². The number of pyridine rings is 1. The Labute approximate surface area is 153 Å². The summed E-state index contributed by atoms with van der Waals surface area (Å²) in [6, 6.07) is 3.82. The molecule has 142 valence electrons. The van der Waals surface area contributed by atoms with Crippen molar-refractivity contribution in [2.45, 2.75) is 37.5 Å². The summed E-state index contributed by atoms with van der Waals surface area (Å²) in [6.07, 6.45) is 5.68. The predicted octanol–water partition coefficient (Wildman–Crippen LogP) is -0.0648. The fourth-order valence-electron chi connectivity index (χ4n) is 3.49. The lowest BCUT2D eigenvalue weighted by molar-refractivity contribution is -0.128. The number of primary amides is 1. The molecule has 2 amide bonds. The Morgan fingerprint density at radius 2 is 2.00 bits per heavy atom. The number of piperidine rings is 1. The van der Waals surface area contributed by atoms with Gasteiger partial charge < -0.3 is 25.4 Å². The number of nitrogens with zero attached hydrogens (tertiary/aromatic N) is 2. The Bertz CT molecular complexity index is 604. The van der Waals surface area contributed by atoms with Gasteiger partial charge in [-0.15, -0.1) is 0 Å². The minimum atomic E-state index is -0.460. The van der Waals surface area contributed by atoms with Gasteiger partial charge in [0.2, 0.25) is 5.91 Å². The topological polar surface area (TPSA) is 107 Å². The van der Waals surface area contributed by atoms with Crippen molar-refractivity contribution >= 4 is 11.8 Å². The summed E-state index contributed by atoms with van der Waals surface area (Å²) in [7, 11) is 0. The van der Waals surface area contributed by atoms with E-state index in [1.807, 2.05) is 4.90 Å². The van der Waals surface area contributed by atoms with Gasteiger partial charge in [0.05, 0.1) is 18.8 Å². The van der Waals surface area contributed by atoms with Gasteiger partial charge in [-0.05, 0) is 31.4 Å². The van der Waals surface area contributed by atoms with Gasteiger partial charge in [-0.1, -0.05) is 0 Å². The van der Waals surface area contributed by atoms with Crippen molar-refractivity contribution in [2.24, 2.45) is 5.73 Å². The first-order valence-electron chi connectivity index (χ1n) is 9.06. The summed E-state index contributed by atoms with van der Waals surface area (Å²) < 4.78 is 11.2. The van der Waals surface area contributed by atoms with Crippen LogP contribution in [0.15, 0.2) is 24.5 Å². The highest BCUT2D eigenvalue weighted by molar-refractivity contribution is 5.94. The summed E-state index contributed by atoms with van der Waals surface area (Å²) in [6.45, 7) is 2.53. The normalized spacial score (nSPS) is 24.4. The zero-order valence-electron chi connectivity index (χ0n) is 14.8. The van der Waals surface area contributed by atoms with Crippen LogP contribution < -0.4 is 11.1 Å². The molecule has 0 aliphatic carbocycles. The number of carbonyl (C=O) groups excluding carboxylic acids is 2. The summed E-state index contributed by atoms with van der Waals surface area (Å²) in [5.41, 5.74) is 5.85. The van der Waals surface area contributed by atoms with Crippen LogP contribution in [0, 0.1) is 0 Å². The van der Waals surface area contributed by atoms with E-state index >= 15 is 0 Å². The second-order valence-electron chi connectivity index (χ2n) is 6.75. The number of ether oxygens (including phenoxy) is 2. The van der Waals surface area contributed by atoms with Crippen molar-refractivity contribution in [2.75, 3.05) is 32.9 Å². The first kappa shape index (κ1) is 18.8. The van der Waals surface area contributed by atoms with E-state index in [4.69, 9.17) is 15.2 Å². The fourth-order valence-corrected chi connectivity index (χ4v) is 3.49. The highest BCUT2D eigenvalue weighted by Gasteiger charge is 2.31. The van der Waals surface area contributed by atoms with Crippen LogP contribution in [0.1, 0.15) is 29.6 Å². The summed E-state index contributed by atoms with van der Waals surface area (Å²) in [5, 5.41) is 3.58. The molecule has 2 fully saturated rings. The molecule has 1 aromatic rings. The first-order chi connectivity index (χ1) is 12.6. The number of likely N-dealkylation sites (tertiary alicyclic amines) is 1.